The third kappa shape index (κ3) is 4.48. The molecular weight excluding hydrogens is 520 g/mol. The standard InChI is InChI=1S/C14H14F3IN4O5S/c1-3-7-27-12-19-22(13(24)21(12)2)11(23)20-28(25,26)10-8(14(15,16)17)5-4-6-9(10)18/h4-6H,3,7H2,1-2H3,(H,20,23). The summed E-state index contributed by atoms with van der Waals surface area (Å²) < 4.78 is 71.8. The highest BCUT2D eigenvalue weighted by Gasteiger charge is 2.39. The largest absolute Gasteiger partial charge is 0.464 e. The summed E-state index contributed by atoms with van der Waals surface area (Å²) in [5.41, 5.74) is -2.47. The van der Waals surface area contributed by atoms with Crippen molar-refractivity contribution in [3.8, 4) is 6.01 Å². The summed E-state index contributed by atoms with van der Waals surface area (Å²) in [5, 5.41) is 3.56. The first-order valence-corrected chi connectivity index (χ1v) is 10.2. The van der Waals surface area contributed by atoms with E-state index in [1.54, 1.807) is 6.92 Å². The monoisotopic (exact) mass is 534 g/mol. The lowest BCUT2D eigenvalue weighted by Gasteiger charge is -2.15. The lowest BCUT2D eigenvalue weighted by Crippen LogP contribution is -2.41. The Morgan fingerprint density at radius 3 is 2.57 bits per heavy atom. The second-order valence-corrected chi connectivity index (χ2v) is 8.19. The number of carbonyl (C=O) groups excluding carboxylic acids is 1. The number of halogens is 4. The number of sulfonamides is 1. The molecule has 28 heavy (non-hydrogen) atoms. The smallest absolute Gasteiger partial charge is 0.417 e. The average Bonchev–Trinajstić information content (AvgIpc) is 2.86. The number of ether oxygens (including phenoxy) is 1. The zero-order valence-corrected chi connectivity index (χ0v) is 17.4. The number of carbonyl (C=O) groups is 1. The van der Waals surface area contributed by atoms with E-state index in [0.717, 1.165) is 16.7 Å². The van der Waals surface area contributed by atoms with Gasteiger partial charge in [0, 0.05) is 10.6 Å². The molecule has 0 aliphatic carbocycles. The fourth-order valence-corrected chi connectivity index (χ4v) is 4.67. The van der Waals surface area contributed by atoms with Crippen LogP contribution in [0.25, 0.3) is 0 Å². The first-order valence-electron chi connectivity index (χ1n) is 7.61. The van der Waals surface area contributed by atoms with E-state index in [1.807, 2.05) is 0 Å². The van der Waals surface area contributed by atoms with Crippen LogP contribution in [0.5, 0.6) is 6.01 Å². The highest BCUT2D eigenvalue weighted by atomic mass is 127. The van der Waals surface area contributed by atoms with Crippen LogP contribution in [-0.2, 0) is 23.2 Å². The zero-order chi connectivity index (χ0) is 21.3. The number of rotatable bonds is 5. The molecule has 0 bridgehead atoms. The molecular formula is C14H14F3IN4O5S. The number of nitrogens with one attached hydrogen (secondary N) is 1. The molecule has 0 saturated heterocycles. The lowest BCUT2D eigenvalue weighted by molar-refractivity contribution is -0.140. The minimum Gasteiger partial charge on any atom is -0.464 e. The quantitative estimate of drug-likeness (QED) is 0.588. The summed E-state index contributed by atoms with van der Waals surface area (Å²) in [7, 11) is -3.73. The summed E-state index contributed by atoms with van der Waals surface area (Å²) in [6.07, 6.45) is -4.40. The predicted molar refractivity (Wildman–Crippen MR) is 98.5 cm³/mol. The first-order chi connectivity index (χ1) is 12.9. The van der Waals surface area contributed by atoms with Gasteiger partial charge in [0.05, 0.1) is 12.2 Å². The molecule has 0 aliphatic rings. The SMILES string of the molecule is CCCOc1nn(C(=O)NS(=O)(=O)c2c(I)cccc2C(F)(F)F)c(=O)n1C. The molecule has 154 valence electrons. The van der Waals surface area contributed by atoms with Crippen LogP contribution in [0.2, 0.25) is 0 Å². The van der Waals surface area contributed by atoms with Crippen molar-refractivity contribution in [3.05, 3.63) is 37.8 Å². The highest BCUT2D eigenvalue weighted by molar-refractivity contribution is 14.1. The zero-order valence-electron chi connectivity index (χ0n) is 14.4. The highest BCUT2D eigenvalue weighted by Crippen LogP contribution is 2.36. The van der Waals surface area contributed by atoms with Crippen molar-refractivity contribution < 1.29 is 31.1 Å². The van der Waals surface area contributed by atoms with Crippen molar-refractivity contribution in [1.29, 1.82) is 0 Å². The number of aromatic nitrogens is 3. The van der Waals surface area contributed by atoms with Crippen LogP contribution in [-0.4, -0.2) is 35.4 Å². The van der Waals surface area contributed by atoms with Gasteiger partial charge in [-0.1, -0.05) is 13.0 Å². The van der Waals surface area contributed by atoms with Crippen molar-refractivity contribution >= 4 is 38.6 Å². The maximum atomic E-state index is 13.2. The molecule has 1 aromatic heterocycles. The van der Waals surface area contributed by atoms with Gasteiger partial charge in [0.1, 0.15) is 4.90 Å². The number of benzene rings is 1. The average molecular weight is 534 g/mol. The van der Waals surface area contributed by atoms with Gasteiger partial charge in [-0.05, 0) is 41.1 Å². The van der Waals surface area contributed by atoms with Crippen LogP contribution in [0, 0.1) is 3.57 Å². The van der Waals surface area contributed by atoms with Crippen LogP contribution in [0.4, 0.5) is 18.0 Å². The molecule has 9 nitrogen and oxygen atoms in total. The minimum absolute atomic E-state index is 0.158. The molecule has 1 amide bonds. The Morgan fingerprint density at radius 1 is 1.36 bits per heavy atom. The minimum atomic E-state index is -4.97. The van der Waals surface area contributed by atoms with Gasteiger partial charge in [-0.25, -0.2) is 27.3 Å². The van der Waals surface area contributed by atoms with Gasteiger partial charge in [-0.15, -0.1) is 9.78 Å². The van der Waals surface area contributed by atoms with Gasteiger partial charge in [0.25, 0.3) is 10.0 Å². The van der Waals surface area contributed by atoms with E-state index in [9.17, 15) is 31.2 Å². The third-order valence-corrected chi connectivity index (χ3v) is 6.02. The second-order valence-electron chi connectivity index (χ2n) is 5.41. The third-order valence-electron chi connectivity index (χ3n) is 3.33. The number of hydrogen-bond acceptors (Lipinski definition) is 6. The normalized spacial score (nSPS) is 12.1. The summed E-state index contributed by atoms with van der Waals surface area (Å²) >= 11 is 1.41. The van der Waals surface area contributed by atoms with Crippen molar-refractivity contribution in [2.45, 2.75) is 24.4 Å². The Morgan fingerprint density at radius 2 is 2.00 bits per heavy atom. The first kappa shape index (κ1) is 22.2. The molecule has 0 unspecified atom stereocenters. The van der Waals surface area contributed by atoms with E-state index in [-0.39, 0.29) is 20.9 Å². The molecule has 1 heterocycles. The number of nitrogens with zero attached hydrogens (tertiary/aromatic N) is 3. The van der Waals surface area contributed by atoms with Crippen molar-refractivity contribution in [1.82, 2.24) is 19.1 Å². The van der Waals surface area contributed by atoms with E-state index >= 15 is 0 Å². The van der Waals surface area contributed by atoms with E-state index < -0.39 is 38.4 Å². The molecule has 14 heteroatoms. The van der Waals surface area contributed by atoms with Gasteiger partial charge in [-0.3, -0.25) is 0 Å². The van der Waals surface area contributed by atoms with E-state index in [1.165, 1.54) is 34.4 Å². The van der Waals surface area contributed by atoms with Crippen molar-refractivity contribution in [2.75, 3.05) is 6.61 Å². The van der Waals surface area contributed by atoms with Gasteiger partial charge >= 0.3 is 23.9 Å². The summed E-state index contributed by atoms with van der Waals surface area (Å²) in [6, 6.07) is 0.958. The Hall–Kier alpha value is -2.10. The topological polar surface area (TPSA) is 112 Å². The van der Waals surface area contributed by atoms with E-state index in [2.05, 4.69) is 5.10 Å². The molecule has 0 fully saturated rings. The van der Waals surface area contributed by atoms with Crippen LogP contribution in [0.3, 0.4) is 0 Å². The fraction of sp³-hybridized carbons (Fsp3) is 0.357. The maximum Gasteiger partial charge on any atom is 0.417 e. The van der Waals surface area contributed by atoms with Crippen molar-refractivity contribution in [3.63, 3.8) is 0 Å². The Kier molecular flexibility index (Phi) is 6.42. The molecule has 0 saturated carbocycles. The maximum absolute atomic E-state index is 13.2. The van der Waals surface area contributed by atoms with Crippen molar-refractivity contribution in [2.24, 2.45) is 7.05 Å². The van der Waals surface area contributed by atoms with Gasteiger partial charge in [-0.2, -0.15) is 13.2 Å². The van der Waals surface area contributed by atoms with Gasteiger partial charge in [0.2, 0.25) is 0 Å². The molecule has 1 aromatic carbocycles. The number of alkyl halides is 3. The summed E-state index contributed by atoms with van der Waals surface area (Å²) in [5.74, 6) is 0. The second kappa shape index (κ2) is 8.10. The van der Waals surface area contributed by atoms with Crippen LogP contribution in [0.1, 0.15) is 18.9 Å². The molecule has 0 spiro atoms. The van der Waals surface area contributed by atoms with Crippen LogP contribution < -0.4 is 15.1 Å². The number of hydrogen-bond donors (Lipinski definition) is 1. The Balaban J connectivity index is 2.44. The predicted octanol–water partition coefficient (Wildman–Crippen LogP) is 1.94. The van der Waals surface area contributed by atoms with E-state index in [4.69, 9.17) is 4.74 Å². The molecule has 0 radical (unpaired) electrons. The summed E-state index contributed by atoms with van der Waals surface area (Å²) in [6.45, 7) is 1.97. The Labute approximate surface area is 170 Å². The lowest BCUT2D eigenvalue weighted by atomic mass is 10.2. The van der Waals surface area contributed by atoms with Gasteiger partial charge in [0.15, 0.2) is 0 Å². The van der Waals surface area contributed by atoms with Gasteiger partial charge < -0.3 is 4.74 Å². The molecule has 2 rings (SSSR count). The molecule has 1 N–H and O–H groups in total. The summed E-state index contributed by atoms with van der Waals surface area (Å²) in [4.78, 5) is 23.2. The molecule has 0 aliphatic heterocycles. The molecule has 2 aromatic rings. The van der Waals surface area contributed by atoms with Crippen LogP contribution in [0.15, 0.2) is 27.9 Å². The Bertz CT molecular complexity index is 1060. The number of amides is 1. The van der Waals surface area contributed by atoms with E-state index in [0.29, 0.717) is 12.5 Å². The fourth-order valence-electron chi connectivity index (χ4n) is 2.09. The van der Waals surface area contributed by atoms with Crippen LogP contribution >= 0.6 is 22.6 Å². The molecule has 0 atom stereocenters.